The van der Waals surface area contributed by atoms with E-state index in [4.69, 9.17) is 17.3 Å². The molecule has 0 unspecified atom stereocenters. The summed E-state index contributed by atoms with van der Waals surface area (Å²) in [5, 5.41) is 4.84. The van der Waals surface area contributed by atoms with E-state index in [9.17, 15) is 0 Å². The molecule has 4 nitrogen and oxygen atoms in total. The van der Waals surface area contributed by atoms with Crippen LogP contribution in [0.5, 0.6) is 0 Å². The predicted molar refractivity (Wildman–Crippen MR) is 55.5 cm³/mol. The van der Waals surface area contributed by atoms with Crippen molar-refractivity contribution in [2.24, 2.45) is 0 Å². The summed E-state index contributed by atoms with van der Waals surface area (Å²) in [7, 11) is 0. The van der Waals surface area contributed by atoms with Crippen molar-refractivity contribution in [3.8, 4) is 5.69 Å². The highest BCUT2D eigenvalue weighted by molar-refractivity contribution is 6.31. The van der Waals surface area contributed by atoms with Gasteiger partial charge in [0.05, 0.1) is 28.3 Å². The Morgan fingerprint density at radius 1 is 1.43 bits per heavy atom. The van der Waals surface area contributed by atoms with Crippen LogP contribution in [0, 0.1) is 6.92 Å². The molecule has 0 saturated heterocycles. The molecule has 5 heteroatoms. The number of rotatable bonds is 1. The molecule has 0 aliphatic rings. The molecular formula is C9H9ClN4. The number of nitrogen functional groups attached to an aromatic ring is 1. The lowest BCUT2D eigenvalue weighted by Crippen LogP contribution is -1.97. The summed E-state index contributed by atoms with van der Waals surface area (Å²) in [5.74, 6) is 0. The molecule has 2 aromatic heterocycles. The highest BCUT2D eigenvalue weighted by Crippen LogP contribution is 2.16. The van der Waals surface area contributed by atoms with Gasteiger partial charge in [-0.2, -0.15) is 5.10 Å². The third kappa shape index (κ3) is 1.56. The monoisotopic (exact) mass is 208 g/mol. The second-order valence-corrected chi connectivity index (χ2v) is 3.39. The van der Waals surface area contributed by atoms with Crippen molar-refractivity contribution >= 4 is 17.3 Å². The van der Waals surface area contributed by atoms with Gasteiger partial charge >= 0.3 is 0 Å². The average molecular weight is 209 g/mol. The van der Waals surface area contributed by atoms with Crippen LogP contribution in [-0.4, -0.2) is 14.8 Å². The number of hydrogen-bond acceptors (Lipinski definition) is 3. The van der Waals surface area contributed by atoms with Crippen molar-refractivity contribution < 1.29 is 0 Å². The van der Waals surface area contributed by atoms with Crippen molar-refractivity contribution in [1.82, 2.24) is 14.8 Å². The Kier molecular flexibility index (Phi) is 2.13. The summed E-state index contributed by atoms with van der Waals surface area (Å²) in [4.78, 5) is 3.97. The number of pyridine rings is 1. The van der Waals surface area contributed by atoms with Crippen LogP contribution in [0.25, 0.3) is 5.69 Å². The van der Waals surface area contributed by atoms with Crippen LogP contribution in [0.2, 0.25) is 5.02 Å². The summed E-state index contributed by atoms with van der Waals surface area (Å²) in [6.07, 6.45) is 4.99. The molecular weight excluding hydrogens is 200 g/mol. The molecule has 0 spiro atoms. The highest BCUT2D eigenvalue weighted by Gasteiger charge is 2.03. The summed E-state index contributed by atoms with van der Waals surface area (Å²) in [6, 6.07) is 1.79. The zero-order valence-corrected chi connectivity index (χ0v) is 8.36. The van der Waals surface area contributed by atoms with Gasteiger partial charge in [-0.05, 0) is 13.0 Å². The van der Waals surface area contributed by atoms with E-state index in [0.717, 1.165) is 11.4 Å². The topological polar surface area (TPSA) is 56.7 Å². The number of aryl methyl sites for hydroxylation is 1. The van der Waals surface area contributed by atoms with Crippen LogP contribution in [-0.2, 0) is 0 Å². The number of aromatic nitrogens is 3. The zero-order chi connectivity index (χ0) is 10.1. The number of nitrogens with zero attached hydrogens (tertiary/aromatic N) is 3. The fourth-order valence-corrected chi connectivity index (χ4v) is 1.27. The fraction of sp³-hybridized carbons (Fsp3) is 0.111. The van der Waals surface area contributed by atoms with Gasteiger partial charge in [-0.15, -0.1) is 0 Å². The Hall–Kier alpha value is -1.55. The van der Waals surface area contributed by atoms with Gasteiger partial charge in [0.1, 0.15) is 0 Å². The third-order valence-corrected chi connectivity index (χ3v) is 2.22. The maximum absolute atomic E-state index is 5.88. The lowest BCUT2D eigenvalue weighted by atomic mass is 10.4. The Morgan fingerprint density at radius 3 is 2.79 bits per heavy atom. The maximum Gasteiger partial charge on any atom is 0.0849 e. The SMILES string of the molecule is Cc1nn(-c2cncc(N)c2)cc1Cl. The van der Waals surface area contributed by atoms with Crippen molar-refractivity contribution in [3.05, 3.63) is 35.4 Å². The minimum absolute atomic E-state index is 0.603. The zero-order valence-electron chi connectivity index (χ0n) is 7.61. The van der Waals surface area contributed by atoms with Crippen molar-refractivity contribution in [3.63, 3.8) is 0 Å². The van der Waals surface area contributed by atoms with Gasteiger partial charge in [-0.3, -0.25) is 4.98 Å². The normalized spacial score (nSPS) is 10.4. The number of hydrogen-bond donors (Lipinski definition) is 1. The number of nitrogens with two attached hydrogens (primary N) is 1. The quantitative estimate of drug-likeness (QED) is 0.778. The van der Waals surface area contributed by atoms with Gasteiger partial charge in [-0.1, -0.05) is 11.6 Å². The van der Waals surface area contributed by atoms with Crippen LogP contribution in [0.1, 0.15) is 5.69 Å². The molecule has 0 amide bonds. The molecule has 0 aromatic carbocycles. The van der Waals surface area contributed by atoms with Crippen LogP contribution in [0.15, 0.2) is 24.7 Å². The molecule has 2 aromatic rings. The molecule has 0 saturated carbocycles. The standard InChI is InChI=1S/C9H9ClN4/c1-6-9(10)5-14(13-6)8-2-7(11)3-12-4-8/h2-5H,11H2,1H3. The minimum atomic E-state index is 0.603. The minimum Gasteiger partial charge on any atom is -0.397 e. The molecule has 72 valence electrons. The third-order valence-electron chi connectivity index (χ3n) is 1.85. The molecule has 2 rings (SSSR count). The first-order valence-corrected chi connectivity index (χ1v) is 4.47. The summed E-state index contributed by atoms with van der Waals surface area (Å²) < 4.78 is 1.65. The maximum atomic E-state index is 5.88. The van der Waals surface area contributed by atoms with E-state index in [1.807, 2.05) is 6.92 Å². The second-order valence-electron chi connectivity index (χ2n) is 2.98. The highest BCUT2D eigenvalue weighted by atomic mass is 35.5. The first kappa shape index (κ1) is 9.02. The number of anilines is 1. The van der Waals surface area contributed by atoms with Gasteiger partial charge in [-0.25, -0.2) is 4.68 Å². The largest absolute Gasteiger partial charge is 0.397 e. The van der Waals surface area contributed by atoms with Crippen LogP contribution < -0.4 is 5.73 Å². The van der Waals surface area contributed by atoms with E-state index in [1.54, 1.807) is 29.3 Å². The molecule has 0 radical (unpaired) electrons. The van der Waals surface area contributed by atoms with Gasteiger partial charge in [0.2, 0.25) is 0 Å². The first-order chi connectivity index (χ1) is 6.66. The summed E-state index contributed by atoms with van der Waals surface area (Å²) in [5.41, 5.74) is 7.80. The Labute approximate surface area is 86.3 Å². The van der Waals surface area contributed by atoms with E-state index >= 15 is 0 Å². The molecule has 0 atom stereocenters. The lowest BCUT2D eigenvalue weighted by Gasteiger charge is -2.00. The van der Waals surface area contributed by atoms with Crippen molar-refractivity contribution in [2.45, 2.75) is 6.92 Å². The summed E-state index contributed by atoms with van der Waals surface area (Å²) >= 11 is 5.88. The smallest absolute Gasteiger partial charge is 0.0849 e. The van der Waals surface area contributed by atoms with E-state index in [1.165, 1.54) is 0 Å². The Balaban J connectivity index is 2.49. The van der Waals surface area contributed by atoms with Crippen molar-refractivity contribution in [1.29, 1.82) is 0 Å². The van der Waals surface area contributed by atoms with Gasteiger partial charge in [0.15, 0.2) is 0 Å². The van der Waals surface area contributed by atoms with Crippen LogP contribution in [0.4, 0.5) is 5.69 Å². The molecule has 0 bridgehead atoms. The fourth-order valence-electron chi connectivity index (χ4n) is 1.14. The van der Waals surface area contributed by atoms with Crippen LogP contribution in [0.3, 0.4) is 0 Å². The molecule has 0 aliphatic carbocycles. The Morgan fingerprint density at radius 2 is 2.21 bits per heavy atom. The Bertz CT molecular complexity index is 444. The van der Waals surface area contributed by atoms with Gasteiger partial charge in [0, 0.05) is 12.4 Å². The second kappa shape index (κ2) is 3.31. The van der Waals surface area contributed by atoms with Gasteiger partial charge in [0.25, 0.3) is 0 Å². The van der Waals surface area contributed by atoms with Crippen LogP contribution >= 0.6 is 11.6 Å². The predicted octanol–water partition coefficient (Wildman–Crippen LogP) is 1.81. The molecule has 2 heterocycles. The van der Waals surface area contributed by atoms with E-state index in [2.05, 4.69) is 10.1 Å². The first-order valence-electron chi connectivity index (χ1n) is 4.09. The molecule has 14 heavy (non-hydrogen) atoms. The van der Waals surface area contributed by atoms with Gasteiger partial charge < -0.3 is 5.73 Å². The molecule has 0 aliphatic heterocycles. The van der Waals surface area contributed by atoms with E-state index in [0.29, 0.717) is 10.7 Å². The summed E-state index contributed by atoms with van der Waals surface area (Å²) in [6.45, 7) is 1.85. The van der Waals surface area contributed by atoms with E-state index in [-0.39, 0.29) is 0 Å². The lowest BCUT2D eigenvalue weighted by molar-refractivity contribution is 0.857. The molecule has 2 N–H and O–H groups in total. The number of halogens is 1. The average Bonchev–Trinajstić information content (AvgIpc) is 2.47. The van der Waals surface area contributed by atoms with E-state index < -0.39 is 0 Å². The van der Waals surface area contributed by atoms with Crippen molar-refractivity contribution in [2.75, 3.05) is 5.73 Å². The molecule has 0 fully saturated rings.